The highest BCUT2D eigenvalue weighted by atomic mass is 19.1. The van der Waals surface area contributed by atoms with Gasteiger partial charge in [-0.2, -0.15) is 0 Å². The summed E-state index contributed by atoms with van der Waals surface area (Å²) in [5, 5.41) is 23.7. The van der Waals surface area contributed by atoms with Gasteiger partial charge in [0.05, 0.1) is 18.1 Å². The van der Waals surface area contributed by atoms with Gasteiger partial charge in [-0.05, 0) is 40.5 Å². The van der Waals surface area contributed by atoms with Crippen LogP contribution in [0.25, 0.3) is 11.1 Å². The maximum absolute atomic E-state index is 13.7. The molecule has 0 spiro atoms. The highest BCUT2D eigenvalue weighted by molar-refractivity contribution is 5.93. The van der Waals surface area contributed by atoms with Crippen LogP contribution in [0.15, 0.2) is 66.7 Å². The Hall–Kier alpha value is -4.24. The number of alkyl carbamates (subject to hydrolysis) is 1. The summed E-state index contributed by atoms with van der Waals surface area (Å²) in [5.74, 6) is -3.14. The number of carbonyl (C=O) groups is 3. The number of hydrogen-bond donors (Lipinski definition) is 4. The molecule has 4 N–H and O–H groups in total. The number of hydrogen-bond acceptors (Lipinski definition) is 5. The molecule has 1 aliphatic rings. The second-order valence-corrected chi connectivity index (χ2v) is 8.11. The van der Waals surface area contributed by atoms with Crippen molar-refractivity contribution in [3.63, 3.8) is 0 Å². The molecule has 9 heteroatoms. The molecule has 0 aliphatic heterocycles. The van der Waals surface area contributed by atoms with E-state index in [0.29, 0.717) is 0 Å². The molecule has 0 radical (unpaired) electrons. The number of carbonyl (C=O) groups excluding carboxylic acids is 2. The predicted octanol–water partition coefficient (Wildman–Crippen LogP) is 3.75. The monoisotopic (exact) mass is 478 g/mol. The zero-order valence-electron chi connectivity index (χ0n) is 18.5. The normalized spacial score (nSPS) is 12.9. The van der Waals surface area contributed by atoms with Crippen LogP contribution in [-0.4, -0.2) is 47.4 Å². The Morgan fingerprint density at radius 2 is 1.60 bits per heavy atom. The summed E-state index contributed by atoms with van der Waals surface area (Å²) in [6.07, 6.45) is -2.30. The molecule has 35 heavy (non-hydrogen) atoms. The number of anilines is 1. The maximum Gasteiger partial charge on any atom is 0.407 e. The lowest BCUT2D eigenvalue weighted by atomic mass is 9.98. The van der Waals surface area contributed by atoms with Crippen molar-refractivity contribution < 1.29 is 33.7 Å². The molecule has 1 atom stereocenters. The largest absolute Gasteiger partial charge is 0.478 e. The number of rotatable bonds is 8. The Morgan fingerprint density at radius 3 is 2.20 bits per heavy atom. The third-order valence-corrected chi connectivity index (χ3v) is 5.73. The first-order valence-electron chi connectivity index (χ1n) is 10.9. The number of nitrogens with one attached hydrogen (secondary N) is 2. The Labute approximate surface area is 200 Å². The van der Waals surface area contributed by atoms with Crippen molar-refractivity contribution in [2.24, 2.45) is 0 Å². The molecule has 3 aromatic rings. The number of ether oxygens (including phenoxy) is 1. The van der Waals surface area contributed by atoms with Crippen molar-refractivity contribution in [3.05, 3.63) is 89.2 Å². The third-order valence-electron chi connectivity index (χ3n) is 5.73. The minimum atomic E-state index is -1.42. The van der Waals surface area contributed by atoms with Gasteiger partial charge in [0.2, 0.25) is 5.91 Å². The first-order valence-corrected chi connectivity index (χ1v) is 10.9. The Bertz CT molecular complexity index is 1230. The van der Waals surface area contributed by atoms with Gasteiger partial charge in [-0.15, -0.1) is 0 Å². The minimum absolute atomic E-state index is 0.0502. The van der Waals surface area contributed by atoms with Crippen molar-refractivity contribution in [1.82, 2.24) is 5.32 Å². The van der Waals surface area contributed by atoms with Crippen molar-refractivity contribution in [2.75, 3.05) is 18.5 Å². The van der Waals surface area contributed by atoms with E-state index in [-0.39, 0.29) is 31.2 Å². The molecule has 1 aliphatic carbocycles. The number of carboxylic acid groups (broad SMARTS) is 1. The number of aromatic carboxylic acids is 1. The van der Waals surface area contributed by atoms with Crippen molar-refractivity contribution >= 4 is 23.7 Å². The van der Waals surface area contributed by atoms with Gasteiger partial charge in [-0.1, -0.05) is 48.5 Å². The third kappa shape index (κ3) is 5.47. The molecule has 0 saturated heterocycles. The van der Waals surface area contributed by atoms with Crippen LogP contribution >= 0.6 is 0 Å². The Morgan fingerprint density at radius 1 is 0.971 bits per heavy atom. The van der Waals surface area contributed by atoms with Crippen molar-refractivity contribution in [1.29, 1.82) is 0 Å². The topological polar surface area (TPSA) is 125 Å². The van der Waals surface area contributed by atoms with E-state index >= 15 is 0 Å². The van der Waals surface area contributed by atoms with E-state index in [4.69, 9.17) is 9.84 Å². The Balaban J connectivity index is 1.24. The summed E-state index contributed by atoms with van der Waals surface area (Å²) in [5.41, 5.74) is 3.90. The van der Waals surface area contributed by atoms with E-state index in [0.717, 1.165) is 34.4 Å². The number of halogens is 1. The number of aliphatic hydroxyl groups excluding tert-OH is 1. The van der Waals surface area contributed by atoms with Crippen LogP contribution in [0.1, 0.15) is 33.8 Å². The molecule has 8 nitrogen and oxygen atoms in total. The van der Waals surface area contributed by atoms with Gasteiger partial charge in [0, 0.05) is 18.2 Å². The lowest BCUT2D eigenvalue weighted by Gasteiger charge is -2.16. The molecule has 0 aromatic heterocycles. The molecule has 1 unspecified atom stereocenters. The average Bonchev–Trinajstić information content (AvgIpc) is 3.15. The fourth-order valence-electron chi connectivity index (χ4n) is 4.12. The summed E-state index contributed by atoms with van der Waals surface area (Å²) < 4.78 is 19.1. The summed E-state index contributed by atoms with van der Waals surface area (Å²) in [4.78, 5) is 35.1. The second kappa shape index (κ2) is 10.4. The summed E-state index contributed by atoms with van der Waals surface area (Å²) in [6, 6.07) is 19.0. The van der Waals surface area contributed by atoms with Crippen molar-refractivity contribution in [3.8, 4) is 11.1 Å². The van der Waals surface area contributed by atoms with Gasteiger partial charge < -0.3 is 25.6 Å². The lowest BCUT2D eigenvalue weighted by Crippen LogP contribution is -2.35. The molecule has 180 valence electrons. The molecule has 4 rings (SSSR count). The summed E-state index contributed by atoms with van der Waals surface area (Å²) in [7, 11) is 0. The summed E-state index contributed by atoms with van der Waals surface area (Å²) in [6.45, 7) is -0.106. The van der Waals surface area contributed by atoms with Crippen LogP contribution in [0.5, 0.6) is 0 Å². The van der Waals surface area contributed by atoms with E-state index in [1.165, 1.54) is 6.07 Å². The van der Waals surface area contributed by atoms with Gasteiger partial charge in [0.25, 0.3) is 0 Å². The highest BCUT2D eigenvalue weighted by Gasteiger charge is 2.29. The van der Waals surface area contributed by atoms with E-state index in [2.05, 4.69) is 10.6 Å². The maximum atomic E-state index is 13.7. The standard InChI is InChI=1S/C26H23FN2O6/c27-23-11-15(9-10-21(23)25(32)33)29-24(31)12-16(30)13-28-26(34)35-14-22-19-7-3-1-5-17(19)18-6-2-4-8-20(18)22/h1-11,16,22,30H,12-14H2,(H,28,34)(H,29,31)(H,32,33). The van der Waals surface area contributed by atoms with Crippen LogP contribution in [0.3, 0.4) is 0 Å². The zero-order chi connectivity index (χ0) is 24.9. The molecule has 0 fully saturated rings. The first-order chi connectivity index (χ1) is 16.8. The Kier molecular flexibility index (Phi) is 7.07. The van der Waals surface area contributed by atoms with Crippen LogP contribution in [0.2, 0.25) is 0 Å². The SMILES string of the molecule is O=C(CC(O)CNC(=O)OCC1c2ccccc2-c2ccccc21)Nc1ccc(C(=O)O)c(F)c1. The van der Waals surface area contributed by atoms with E-state index in [1.54, 1.807) is 0 Å². The highest BCUT2D eigenvalue weighted by Crippen LogP contribution is 2.44. The van der Waals surface area contributed by atoms with Gasteiger partial charge in [-0.3, -0.25) is 4.79 Å². The van der Waals surface area contributed by atoms with Crippen LogP contribution < -0.4 is 10.6 Å². The number of fused-ring (bicyclic) bond motifs is 3. The van der Waals surface area contributed by atoms with E-state index in [1.807, 2.05) is 48.5 Å². The first kappa shape index (κ1) is 23.9. The number of benzene rings is 3. The molecule has 2 amide bonds. The second-order valence-electron chi connectivity index (χ2n) is 8.11. The van der Waals surface area contributed by atoms with E-state index < -0.39 is 35.5 Å². The molecule has 0 saturated carbocycles. The zero-order valence-corrected chi connectivity index (χ0v) is 18.5. The number of carboxylic acids is 1. The quantitative estimate of drug-likeness (QED) is 0.391. The smallest absolute Gasteiger partial charge is 0.407 e. The fraction of sp³-hybridized carbons (Fsp3) is 0.192. The molecule has 3 aromatic carbocycles. The van der Waals surface area contributed by atoms with E-state index in [9.17, 15) is 23.9 Å². The number of aliphatic hydroxyl groups is 1. The van der Waals surface area contributed by atoms with Gasteiger partial charge in [-0.25, -0.2) is 14.0 Å². The molecule has 0 bridgehead atoms. The van der Waals surface area contributed by atoms with Gasteiger partial charge >= 0.3 is 12.1 Å². The molecular formula is C26H23FN2O6. The number of amides is 2. The molecular weight excluding hydrogens is 455 g/mol. The minimum Gasteiger partial charge on any atom is -0.478 e. The average molecular weight is 478 g/mol. The van der Waals surface area contributed by atoms with Crippen LogP contribution in [0, 0.1) is 5.82 Å². The van der Waals surface area contributed by atoms with Gasteiger partial charge in [0.15, 0.2) is 0 Å². The van der Waals surface area contributed by atoms with Crippen LogP contribution in [0.4, 0.5) is 14.9 Å². The van der Waals surface area contributed by atoms with Crippen LogP contribution in [-0.2, 0) is 9.53 Å². The molecule has 0 heterocycles. The predicted molar refractivity (Wildman–Crippen MR) is 126 cm³/mol. The fourth-order valence-corrected chi connectivity index (χ4v) is 4.12. The summed E-state index contributed by atoms with van der Waals surface area (Å²) >= 11 is 0. The lowest BCUT2D eigenvalue weighted by molar-refractivity contribution is -0.118. The van der Waals surface area contributed by atoms with Crippen molar-refractivity contribution in [2.45, 2.75) is 18.4 Å². The van der Waals surface area contributed by atoms with Gasteiger partial charge in [0.1, 0.15) is 12.4 Å².